The van der Waals surface area contributed by atoms with Gasteiger partial charge in [-0.1, -0.05) is 19.6 Å². The number of hydrogen-bond donors (Lipinski definition) is 0. The fourth-order valence-electron chi connectivity index (χ4n) is 0.815. The van der Waals surface area contributed by atoms with Gasteiger partial charge in [0.2, 0.25) is 0 Å². The highest BCUT2D eigenvalue weighted by atomic mass is 28.3. The molecular weight excluding hydrogens is 140 g/mol. The molecule has 0 N–H and O–H groups in total. The Bertz CT molecular complexity index is 222. The minimum atomic E-state index is -1.14. The van der Waals surface area contributed by atoms with Crippen molar-refractivity contribution in [3.63, 3.8) is 0 Å². The van der Waals surface area contributed by atoms with Gasteiger partial charge in [-0.3, -0.25) is 4.68 Å². The lowest BCUT2D eigenvalue weighted by atomic mass is 10.7. The van der Waals surface area contributed by atoms with Crippen LogP contribution >= 0.6 is 0 Å². The molecule has 0 aromatic carbocycles. The van der Waals surface area contributed by atoms with Crippen LogP contribution in [0.4, 0.5) is 0 Å². The van der Waals surface area contributed by atoms with Crippen molar-refractivity contribution in [2.24, 2.45) is 7.05 Å². The molecule has 0 radical (unpaired) electrons. The molecule has 3 heteroatoms. The molecule has 1 aromatic heterocycles. The average molecular weight is 154 g/mol. The van der Waals surface area contributed by atoms with E-state index < -0.39 is 8.07 Å². The molecule has 0 bridgehead atoms. The molecule has 0 aliphatic carbocycles. The van der Waals surface area contributed by atoms with Crippen LogP contribution in [0.15, 0.2) is 12.3 Å². The lowest BCUT2D eigenvalue weighted by Crippen LogP contribution is -2.38. The van der Waals surface area contributed by atoms with Gasteiger partial charge in [0, 0.05) is 18.6 Å². The minimum Gasteiger partial charge on any atom is -0.276 e. The van der Waals surface area contributed by atoms with Gasteiger partial charge in [-0.25, -0.2) is 0 Å². The van der Waals surface area contributed by atoms with E-state index in [2.05, 4.69) is 30.8 Å². The number of aryl methyl sites for hydroxylation is 1. The number of nitrogens with zero attached hydrogens (tertiary/aromatic N) is 2. The predicted octanol–water partition coefficient (Wildman–Crippen LogP) is 0.965. The molecule has 1 aromatic rings. The maximum absolute atomic E-state index is 4.36. The summed E-state index contributed by atoms with van der Waals surface area (Å²) in [6.45, 7) is 6.90. The normalized spacial score (nSPS) is 12.0. The fourth-order valence-corrected chi connectivity index (χ4v) is 1.85. The van der Waals surface area contributed by atoms with E-state index in [-0.39, 0.29) is 0 Å². The second-order valence-corrected chi connectivity index (χ2v) is 8.64. The molecule has 0 aliphatic rings. The molecule has 0 atom stereocenters. The van der Waals surface area contributed by atoms with E-state index in [4.69, 9.17) is 0 Å². The Balaban J connectivity index is 2.96. The number of rotatable bonds is 1. The van der Waals surface area contributed by atoms with Gasteiger partial charge >= 0.3 is 0 Å². The Hall–Kier alpha value is -0.573. The van der Waals surface area contributed by atoms with Gasteiger partial charge in [-0.2, -0.15) is 5.10 Å². The largest absolute Gasteiger partial charge is 0.276 e. The third-order valence-electron chi connectivity index (χ3n) is 1.48. The summed E-state index contributed by atoms with van der Waals surface area (Å²) < 4.78 is 1.87. The monoisotopic (exact) mass is 154 g/mol. The first-order chi connectivity index (χ1) is 4.50. The zero-order valence-electron chi connectivity index (χ0n) is 7.05. The molecule has 0 saturated heterocycles. The van der Waals surface area contributed by atoms with Crippen molar-refractivity contribution in [3.05, 3.63) is 12.3 Å². The molecule has 0 fully saturated rings. The molecule has 0 aliphatic heterocycles. The maximum atomic E-state index is 4.36. The van der Waals surface area contributed by atoms with Crippen molar-refractivity contribution < 1.29 is 0 Å². The van der Waals surface area contributed by atoms with E-state index in [1.165, 1.54) is 5.32 Å². The number of aromatic nitrogens is 2. The Morgan fingerprint density at radius 1 is 1.40 bits per heavy atom. The van der Waals surface area contributed by atoms with Crippen LogP contribution < -0.4 is 5.32 Å². The van der Waals surface area contributed by atoms with Crippen LogP contribution in [0.1, 0.15) is 0 Å². The predicted molar refractivity (Wildman–Crippen MR) is 46.2 cm³/mol. The smallest absolute Gasteiger partial charge is 0.104 e. The van der Waals surface area contributed by atoms with E-state index in [9.17, 15) is 0 Å². The van der Waals surface area contributed by atoms with Crippen LogP contribution in [0.25, 0.3) is 0 Å². The third kappa shape index (κ3) is 1.47. The Morgan fingerprint density at radius 3 is 2.20 bits per heavy atom. The molecule has 1 heterocycles. The second kappa shape index (κ2) is 2.23. The minimum absolute atomic E-state index is 1.14. The van der Waals surface area contributed by atoms with Crippen molar-refractivity contribution in [2.75, 3.05) is 0 Å². The highest BCUT2D eigenvalue weighted by molar-refractivity contribution is 6.88. The first-order valence-electron chi connectivity index (χ1n) is 3.50. The zero-order valence-corrected chi connectivity index (χ0v) is 8.05. The average Bonchev–Trinajstić information content (AvgIpc) is 2.11. The lowest BCUT2D eigenvalue weighted by molar-refractivity contribution is 0.775. The first-order valence-corrected chi connectivity index (χ1v) is 7.00. The summed E-state index contributed by atoms with van der Waals surface area (Å²) in [4.78, 5) is 0. The molecule has 10 heavy (non-hydrogen) atoms. The van der Waals surface area contributed by atoms with E-state index >= 15 is 0 Å². The molecule has 1 rings (SSSR count). The zero-order chi connectivity index (χ0) is 7.78. The molecule has 0 spiro atoms. The Morgan fingerprint density at radius 2 is 2.00 bits per heavy atom. The van der Waals surface area contributed by atoms with Crippen molar-refractivity contribution in [1.82, 2.24) is 9.78 Å². The van der Waals surface area contributed by atoms with E-state index in [1.54, 1.807) is 0 Å². The van der Waals surface area contributed by atoms with Gasteiger partial charge in [-0.15, -0.1) is 0 Å². The molecule has 56 valence electrons. The summed E-state index contributed by atoms with van der Waals surface area (Å²) in [7, 11) is 0.818. The summed E-state index contributed by atoms with van der Waals surface area (Å²) in [5.74, 6) is 0. The number of hydrogen-bond acceptors (Lipinski definition) is 1. The SMILES string of the molecule is Cn1ccc([Si](C)(C)C)n1. The molecule has 0 saturated carbocycles. The van der Waals surface area contributed by atoms with Gasteiger partial charge in [0.05, 0.1) is 0 Å². The van der Waals surface area contributed by atoms with Crippen molar-refractivity contribution in [2.45, 2.75) is 19.6 Å². The van der Waals surface area contributed by atoms with Crippen LogP contribution in [-0.4, -0.2) is 17.9 Å². The van der Waals surface area contributed by atoms with Crippen molar-refractivity contribution in [1.29, 1.82) is 0 Å². The Kier molecular flexibility index (Phi) is 1.68. The third-order valence-corrected chi connectivity index (χ3v) is 3.29. The highest BCUT2D eigenvalue weighted by Crippen LogP contribution is 1.98. The molecule has 0 amide bonds. The standard InChI is InChI=1S/C7H14N2Si/c1-9-6-5-7(8-9)10(2,3)4/h5-6H,1-4H3. The Labute approximate surface area is 62.9 Å². The first kappa shape index (κ1) is 7.53. The van der Waals surface area contributed by atoms with Gasteiger partial charge in [0.1, 0.15) is 8.07 Å². The molecule has 2 nitrogen and oxygen atoms in total. The van der Waals surface area contributed by atoms with Gasteiger partial charge < -0.3 is 0 Å². The van der Waals surface area contributed by atoms with E-state index in [0.717, 1.165) is 0 Å². The van der Waals surface area contributed by atoms with Gasteiger partial charge in [0.25, 0.3) is 0 Å². The van der Waals surface area contributed by atoms with E-state index in [1.807, 2.05) is 17.9 Å². The summed E-state index contributed by atoms with van der Waals surface area (Å²) in [5, 5.41) is 5.65. The van der Waals surface area contributed by atoms with Gasteiger partial charge in [0.15, 0.2) is 0 Å². The molecular formula is C7H14N2Si. The van der Waals surface area contributed by atoms with Crippen LogP contribution in [-0.2, 0) is 7.05 Å². The van der Waals surface area contributed by atoms with Crippen LogP contribution in [0.5, 0.6) is 0 Å². The fraction of sp³-hybridized carbons (Fsp3) is 0.571. The lowest BCUT2D eigenvalue weighted by Gasteiger charge is -2.10. The van der Waals surface area contributed by atoms with Crippen LogP contribution in [0, 0.1) is 0 Å². The maximum Gasteiger partial charge on any atom is 0.104 e. The molecule has 0 unspecified atom stereocenters. The van der Waals surface area contributed by atoms with Crippen molar-refractivity contribution in [3.8, 4) is 0 Å². The summed E-state index contributed by atoms with van der Waals surface area (Å²) in [6, 6.07) is 2.12. The summed E-state index contributed by atoms with van der Waals surface area (Å²) in [6.07, 6.45) is 2.01. The summed E-state index contributed by atoms with van der Waals surface area (Å²) in [5.41, 5.74) is 0. The highest BCUT2D eigenvalue weighted by Gasteiger charge is 2.18. The summed E-state index contributed by atoms with van der Waals surface area (Å²) >= 11 is 0. The van der Waals surface area contributed by atoms with E-state index in [0.29, 0.717) is 0 Å². The van der Waals surface area contributed by atoms with Crippen molar-refractivity contribution >= 4 is 13.4 Å². The topological polar surface area (TPSA) is 17.8 Å². The van der Waals surface area contributed by atoms with Crippen LogP contribution in [0.2, 0.25) is 19.6 Å². The van der Waals surface area contributed by atoms with Gasteiger partial charge in [-0.05, 0) is 6.07 Å². The van der Waals surface area contributed by atoms with Crippen LogP contribution in [0.3, 0.4) is 0 Å². The second-order valence-electron chi connectivity index (χ2n) is 3.62. The quantitative estimate of drug-likeness (QED) is 0.551.